The lowest BCUT2D eigenvalue weighted by Gasteiger charge is -2.24. The van der Waals surface area contributed by atoms with E-state index in [1.807, 2.05) is 0 Å². The van der Waals surface area contributed by atoms with Gasteiger partial charge in [0.2, 0.25) is 5.91 Å². The average molecular weight is 478 g/mol. The Hall–Kier alpha value is -0.960. The third kappa shape index (κ3) is 18.6. The van der Waals surface area contributed by atoms with E-state index in [9.17, 15) is 28.0 Å². The summed E-state index contributed by atoms with van der Waals surface area (Å²) in [4.78, 5) is 12.3. The summed E-state index contributed by atoms with van der Waals surface area (Å²) in [6.45, 7) is 4.28. The Morgan fingerprint density at radius 1 is 0.812 bits per heavy atom. The number of hydrogen-bond donors (Lipinski definition) is 4. The Kier molecular flexibility index (Phi) is 18.9. The van der Waals surface area contributed by atoms with Crippen LogP contribution in [0.15, 0.2) is 12.2 Å². The van der Waals surface area contributed by atoms with Crippen molar-refractivity contribution in [1.29, 1.82) is 0 Å². The lowest BCUT2D eigenvalue weighted by Crippen LogP contribution is -2.50. The molecule has 0 spiro atoms. The first-order chi connectivity index (χ1) is 15.2. The smallest absolute Gasteiger partial charge is 0.266 e. The summed E-state index contributed by atoms with van der Waals surface area (Å²) in [6, 6.07) is -1.14. The number of hydrogen-bond acceptors (Lipinski definition) is 5. The van der Waals surface area contributed by atoms with Crippen molar-refractivity contribution in [1.82, 2.24) is 5.32 Å². The number of nitrogens with one attached hydrogen (secondary N) is 1. The highest BCUT2D eigenvalue weighted by atomic mass is 32.2. The summed E-state index contributed by atoms with van der Waals surface area (Å²) in [5, 5.41) is 22.9. The normalized spacial score (nSPS) is 15.0. The molecule has 0 aromatic heterocycles. The largest absolute Gasteiger partial charge is 0.391 e. The fraction of sp³-hybridized carbons (Fsp3) is 0.875. The van der Waals surface area contributed by atoms with Crippen LogP contribution in [0, 0.1) is 0 Å². The summed E-state index contributed by atoms with van der Waals surface area (Å²) in [7, 11) is -4.38. The van der Waals surface area contributed by atoms with E-state index in [1.54, 1.807) is 0 Å². The van der Waals surface area contributed by atoms with Crippen LogP contribution < -0.4 is 5.32 Å². The van der Waals surface area contributed by atoms with Crippen molar-refractivity contribution in [3.05, 3.63) is 12.2 Å². The molecule has 0 aromatic carbocycles. The molecule has 0 radical (unpaired) electrons. The first-order valence-electron chi connectivity index (χ1n) is 12.5. The summed E-state index contributed by atoms with van der Waals surface area (Å²) >= 11 is 0. The zero-order valence-corrected chi connectivity index (χ0v) is 21.0. The molecule has 4 N–H and O–H groups in total. The number of carbonyl (C=O) groups excluding carboxylic acids is 1. The third-order valence-corrected chi connectivity index (χ3v) is 6.36. The van der Waals surface area contributed by atoms with Gasteiger partial charge in [0, 0.05) is 0 Å². The van der Waals surface area contributed by atoms with E-state index in [1.165, 1.54) is 12.8 Å². The molecule has 0 heterocycles. The van der Waals surface area contributed by atoms with Gasteiger partial charge in [-0.2, -0.15) is 8.42 Å². The summed E-state index contributed by atoms with van der Waals surface area (Å²) < 4.78 is 31.8. The zero-order chi connectivity index (χ0) is 24.2. The molecule has 0 aliphatic heterocycles. The fourth-order valence-electron chi connectivity index (χ4n) is 3.56. The first-order valence-corrected chi connectivity index (χ1v) is 14.1. The van der Waals surface area contributed by atoms with E-state index in [4.69, 9.17) is 0 Å². The van der Waals surface area contributed by atoms with Crippen LogP contribution in [0.1, 0.15) is 110 Å². The standard InChI is InChI=1S/C24H47NO6S/c1-3-5-7-9-10-11-12-13-15-17-19-23(27)24(28)25-21(20-32(29,30)31)22(26)18-16-14-8-6-4-2/h9-10,21-23,26-27H,3-8,11-20H2,1-2H3,(H,25,28)(H,29,30,31)/b10-9-. The van der Waals surface area contributed by atoms with Gasteiger partial charge in [-0.25, -0.2) is 0 Å². The molecule has 0 fully saturated rings. The molecular formula is C24H47NO6S. The Balaban J connectivity index is 4.29. The van der Waals surface area contributed by atoms with E-state index < -0.39 is 40.0 Å². The Bertz CT molecular complexity index is 593. The maximum absolute atomic E-state index is 12.3. The number of aliphatic hydroxyl groups excluding tert-OH is 2. The molecular weight excluding hydrogens is 430 g/mol. The van der Waals surface area contributed by atoms with Crippen molar-refractivity contribution in [3.63, 3.8) is 0 Å². The fourth-order valence-corrected chi connectivity index (χ4v) is 4.31. The van der Waals surface area contributed by atoms with Crippen LogP contribution in [-0.2, 0) is 14.9 Å². The summed E-state index contributed by atoms with van der Waals surface area (Å²) in [5.74, 6) is -1.48. The minimum absolute atomic E-state index is 0.282. The average Bonchev–Trinajstić information content (AvgIpc) is 2.73. The molecule has 190 valence electrons. The number of carbonyl (C=O) groups is 1. The second-order valence-corrected chi connectivity index (χ2v) is 10.3. The predicted octanol–water partition coefficient (Wildman–Crippen LogP) is 4.53. The third-order valence-electron chi connectivity index (χ3n) is 5.58. The number of rotatable bonds is 21. The highest BCUT2D eigenvalue weighted by molar-refractivity contribution is 7.85. The second kappa shape index (κ2) is 19.5. The van der Waals surface area contributed by atoms with Crippen molar-refractivity contribution in [2.75, 3.05) is 5.75 Å². The van der Waals surface area contributed by atoms with Crippen molar-refractivity contribution < 1.29 is 28.0 Å². The lowest BCUT2D eigenvalue weighted by atomic mass is 10.0. The lowest BCUT2D eigenvalue weighted by molar-refractivity contribution is -0.131. The van der Waals surface area contributed by atoms with Gasteiger partial charge in [-0.1, -0.05) is 90.2 Å². The highest BCUT2D eigenvalue weighted by Crippen LogP contribution is 2.12. The molecule has 0 saturated carbocycles. The van der Waals surface area contributed by atoms with Gasteiger partial charge in [0.05, 0.1) is 17.9 Å². The van der Waals surface area contributed by atoms with Crippen LogP contribution in [0.2, 0.25) is 0 Å². The number of allylic oxidation sites excluding steroid dienone is 2. The molecule has 0 bridgehead atoms. The van der Waals surface area contributed by atoms with Gasteiger partial charge in [0.15, 0.2) is 0 Å². The highest BCUT2D eigenvalue weighted by Gasteiger charge is 2.28. The van der Waals surface area contributed by atoms with Gasteiger partial charge in [-0.05, 0) is 32.1 Å². The number of amides is 1. The molecule has 7 nitrogen and oxygen atoms in total. The molecule has 32 heavy (non-hydrogen) atoms. The van der Waals surface area contributed by atoms with Crippen LogP contribution >= 0.6 is 0 Å². The predicted molar refractivity (Wildman–Crippen MR) is 130 cm³/mol. The van der Waals surface area contributed by atoms with E-state index in [2.05, 4.69) is 31.3 Å². The molecule has 8 heteroatoms. The van der Waals surface area contributed by atoms with Crippen LogP contribution in [0.4, 0.5) is 0 Å². The first kappa shape index (κ1) is 31.0. The van der Waals surface area contributed by atoms with Gasteiger partial charge in [0.25, 0.3) is 10.1 Å². The molecule has 0 saturated heterocycles. The monoisotopic (exact) mass is 477 g/mol. The molecule has 0 aromatic rings. The minimum Gasteiger partial charge on any atom is -0.391 e. The van der Waals surface area contributed by atoms with Crippen molar-refractivity contribution >= 4 is 16.0 Å². The SMILES string of the molecule is CCCC/C=C\CCCCCCC(O)C(=O)NC(CS(=O)(=O)O)C(O)CCCCCCC. The quantitative estimate of drug-likeness (QED) is 0.109. The molecule has 0 rings (SSSR count). The maximum atomic E-state index is 12.3. The van der Waals surface area contributed by atoms with E-state index in [-0.39, 0.29) is 6.42 Å². The van der Waals surface area contributed by atoms with E-state index in [0.29, 0.717) is 19.3 Å². The van der Waals surface area contributed by atoms with Crippen LogP contribution in [0.3, 0.4) is 0 Å². The topological polar surface area (TPSA) is 124 Å². The second-order valence-electron chi connectivity index (χ2n) is 8.75. The minimum atomic E-state index is -4.38. The van der Waals surface area contributed by atoms with Gasteiger partial charge in [-0.15, -0.1) is 0 Å². The van der Waals surface area contributed by atoms with Crippen LogP contribution in [0.25, 0.3) is 0 Å². The molecule has 0 aliphatic rings. The molecule has 1 amide bonds. The van der Waals surface area contributed by atoms with E-state index in [0.717, 1.165) is 57.8 Å². The van der Waals surface area contributed by atoms with Gasteiger partial charge >= 0.3 is 0 Å². The molecule has 3 atom stereocenters. The van der Waals surface area contributed by atoms with Crippen molar-refractivity contribution in [3.8, 4) is 0 Å². The van der Waals surface area contributed by atoms with Crippen molar-refractivity contribution in [2.45, 2.75) is 128 Å². The molecule has 3 unspecified atom stereocenters. The Morgan fingerprint density at radius 3 is 1.94 bits per heavy atom. The van der Waals surface area contributed by atoms with Gasteiger partial charge < -0.3 is 15.5 Å². The summed E-state index contributed by atoms with van der Waals surface area (Å²) in [5.41, 5.74) is 0. The van der Waals surface area contributed by atoms with Gasteiger partial charge in [-0.3, -0.25) is 9.35 Å². The van der Waals surface area contributed by atoms with Crippen molar-refractivity contribution in [2.24, 2.45) is 0 Å². The Morgan fingerprint density at radius 2 is 1.34 bits per heavy atom. The zero-order valence-electron chi connectivity index (χ0n) is 20.2. The summed E-state index contributed by atoms with van der Waals surface area (Å²) in [6.07, 6.45) is 15.8. The van der Waals surface area contributed by atoms with Gasteiger partial charge in [0.1, 0.15) is 6.10 Å². The van der Waals surface area contributed by atoms with Crippen LogP contribution in [0.5, 0.6) is 0 Å². The van der Waals surface area contributed by atoms with E-state index >= 15 is 0 Å². The number of aliphatic hydroxyl groups is 2. The molecule has 0 aliphatic carbocycles. The Labute approximate surface area is 195 Å². The number of unbranched alkanes of at least 4 members (excludes halogenated alkanes) is 10. The van der Waals surface area contributed by atoms with Crippen LogP contribution in [-0.4, -0.2) is 53.1 Å². The maximum Gasteiger partial charge on any atom is 0.266 e.